The predicted octanol–water partition coefficient (Wildman–Crippen LogP) is 6.85. The molecule has 0 atom stereocenters. The van der Waals surface area contributed by atoms with Gasteiger partial charge < -0.3 is 14.1 Å². The van der Waals surface area contributed by atoms with E-state index in [0.29, 0.717) is 29.8 Å². The van der Waals surface area contributed by atoms with E-state index in [1.807, 2.05) is 31.2 Å². The van der Waals surface area contributed by atoms with Crippen LogP contribution in [0.4, 0.5) is 8.78 Å². The van der Waals surface area contributed by atoms with Crippen LogP contribution in [0, 0.1) is 6.92 Å². The van der Waals surface area contributed by atoms with Crippen LogP contribution in [0.5, 0.6) is 0 Å². The Kier molecular flexibility index (Phi) is 6.35. The average Bonchev–Trinajstić information content (AvgIpc) is 3.23. The Morgan fingerprint density at radius 1 is 1.23 bits per heavy atom. The van der Waals surface area contributed by atoms with E-state index in [4.69, 9.17) is 9.40 Å². The van der Waals surface area contributed by atoms with Crippen molar-refractivity contribution in [2.24, 2.45) is 0 Å². The predicted molar refractivity (Wildman–Crippen MR) is 115 cm³/mol. The molecule has 0 saturated heterocycles. The van der Waals surface area contributed by atoms with Crippen molar-refractivity contribution in [2.75, 3.05) is 0 Å². The topological polar surface area (TPSA) is 51.0 Å². The average molecular weight is 410 g/mol. The number of hydrogen-bond acceptors (Lipinski definition) is 3. The Hall–Kier alpha value is -3.41. The number of alkyl halides is 2. The van der Waals surface area contributed by atoms with Gasteiger partial charge in [-0.3, -0.25) is 0 Å². The van der Waals surface area contributed by atoms with Gasteiger partial charge in [-0.1, -0.05) is 49.1 Å². The molecule has 1 N–H and O–H groups in total. The summed E-state index contributed by atoms with van der Waals surface area (Å²) in [4.78, 5) is 7.98. The summed E-state index contributed by atoms with van der Waals surface area (Å²) in [6, 6.07) is 3.55. The summed E-state index contributed by atoms with van der Waals surface area (Å²) in [5.74, 6) is 1.67. The molecule has 0 fully saturated rings. The molecule has 2 heterocycles. The van der Waals surface area contributed by atoms with E-state index in [9.17, 15) is 8.78 Å². The van der Waals surface area contributed by atoms with Gasteiger partial charge in [0.05, 0.1) is 5.69 Å². The molecule has 2 aromatic rings. The molecule has 156 valence electrons. The number of aromatic amines is 1. The first-order valence-corrected chi connectivity index (χ1v) is 9.56. The number of ether oxygens (including phenoxy) is 1. The smallest absolute Gasteiger partial charge is 0.394 e. The molecular weight excluding hydrogens is 386 g/mol. The van der Waals surface area contributed by atoms with E-state index < -0.39 is 6.11 Å². The molecule has 1 aliphatic rings. The Labute approximate surface area is 174 Å². The number of furan rings is 1. The summed E-state index contributed by atoms with van der Waals surface area (Å²) in [6.45, 7) is 7.96. The number of aryl methyl sites for hydroxylation is 1. The standard InChI is InChI=1S/C24H24F2N2O2/c1-5-17(15-19(6-2)30-24(4,25)26)20-13-14-21(29-20)23-27-16(3)22(28-23)18-11-9-7-8-10-12-18/h5-15,18H,2H2,1,3-4H3,(H,27,28)/b17-5+,19-15+. The van der Waals surface area contributed by atoms with E-state index in [2.05, 4.69) is 28.5 Å². The summed E-state index contributed by atoms with van der Waals surface area (Å²) >= 11 is 0. The largest absolute Gasteiger partial charge is 0.453 e. The molecule has 0 bridgehead atoms. The second-order valence-corrected chi connectivity index (χ2v) is 6.84. The zero-order chi connectivity index (χ0) is 21.7. The molecule has 30 heavy (non-hydrogen) atoms. The van der Waals surface area contributed by atoms with Crippen LogP contribution in [-0.4, -0.2) is 16.1 Å². The second kappa shape index (κ2) is 8.95. The number of hydrogen-bond donors (Lipinski definition) is 1. The molecule has 0 unspecified atom stereocenters. The Bertz CT molecular complexity index is 1040. The van der Waals surface area contributed by atoms with E-state index in [0.717, 1.165) is 11.4 Å². The summed E-state index contributed by atoms with van der Waals surface area (Å²) in [5, 5.41) is 0. The zero-order valence-electron chi connectivity index (χ0n) is 17.2. The minimum absolute atomic E-state index is 0.0507. The van der Waals surface area contributed by atoms with Gasteiger partial charge in [0.1, 0.15) is 11.5 Å². The lowest BCUT2D eigenvalue weighted by atomic mass is 10.0. The number of nitrogens with one attached hydrogen (secondary N) is 1. The maximum absolute atomic E-state index is 13.2. The maximum Gasteiger partial charge on any atom is 0.394 e. The number of imidazole rings is 1. The summed E-state index contributed by atoms with van der Waals surface area (Å²) < 4.78 is 36.9. The van der Waals surface area contributed by atoms with Gasteiger partial charge in [0.15, 0.2) is 11.6 Å². The van der Waals surface area contributed by atoms with Crippen LogP contribution in [0.1, 0.15) is 36.9 Å². The maximum atomic E-state index is 13.2. The highest BCUT2D eigenvalue weighted by molar-refractivity contribution is 5.72. The van der Waals surface area contributed by atoms with Gasteiger partial charge in [-0.25, -0.2) is 4.98 Å². The molecule has 0 radical (unpaired) electrons. The quantitative estimate of drug-likeness (QED) is 0.401. The number of halogens is 2. The molecule has 1 aliphatic carbocycles. The molecule has 0 aliphatic heterocycles. The van der Waals surface area contributed by atoms with Crippen LogP contribution < -0.4 is 0 Å². The number of H-pyrrole nitrogens is 1. The van der Waals surface area contributed by atoms with Gasteiger partial charge in [-0.15, -0.1) is 0 Å². The lowest BCUT2D eigenvalue weighted by Gasteiger charge is -2.13. The Morgan fingerprint density at radius 3 is 2.53 bits per heavy atom. The van der Waals surface area contributed by atoms with Crippen molar-refractivity contribution >= 4 is 5.57 Å². The zero-order valence-corrected chi connectivity index (χ0v) is 17.2. The first kappa shape index (κ1) is 21.3. The third-order valence-corrected chi connectivity index (χ3v) is 4.44. The Morgan fingerprint density at radius 2 is 1.93 bits per heavy atom. The molecule has 6 heteroatoms. The second-order valence-electron chi connectivity index (χ2n) is 6.84. The molecule has 0 aromatic carbocycles. The van der Waals surface area contributed by atoms with Crippen LogP contribution in [0.3, 0.4) is 0 Å². The highest BCUT2D eigenvalue weighted by Crippen LogP contribution is 2.30. The van der Waals surface area contributed by atoms with Crippen LogP contribution >= 0.6 is 0 Å². The van der Waals surface area contributed by atoms with E-state index >= 15 is 0 Å². The molecule has 2 aromatic heterocycles. The fraction of sp³-hybridized carbons (Fsp3) is 0.208. The normalized spacial score (nSPS) is 15.5. The van der Waals surface area contributed by atoms with E-state index in [1.165, 1.54) is 12.2 Å². The molecule has 3 rings (SSSR count). The van der Waals surface area contributed by atoms with Gasteiger partial charge in [0.2, 0.25) is 0 Å². The van der Waals surface area contributed by atoms with Crippen molar-refractivity contribution in [3.8, 4) is 11.6 Å². The lowest BCUT2D eigenvalue weighted by molar-refractivity contribution is -0.195. The fourth-order valence-corrected chi connectivity index (χ4v) is 3.06. The van der Waals surface area contributed by atoms with Gasteiger partial charge in [-0.2, -0.15) is 8.78 Å². The highest BCUT2D eigenvalue weighted by Gasteiger charge is 2.24. The van der Waals surface area contributed by atoms with Crippen molar-refractivity contribution in [2.45, 2.75) is 32.8 Å². The molecule has 0 amide bonds. The SMILES string of the molecule is C=C/C(=C\C(=C/C)c1ccc(-c2nc(C3C=CC=CC=C3)c(C)[nH]2)o1)OC(C)(F)F. The van der Waals surface area contributed by atoms with E-state index in [1.54, 1.807) is 25.1 Å². The van der Waals surface area contributed by atoms with Gasteiger partial charge in [0.25, 0.3) is 0 Å². The lowest BCUT2D eigenvalue weighted by Crippen LogP contribution is -2.14. The highest BCUT2D eigenvalue weighted by atomic mass is 19.3. The fourth-order valence-electron chi connectivity index (χ4n) is 3.06. The molecule has 0 spiro atoms. The first-order chi connectivity index (χ1) is 14.3. The number of rotatable bonds is 7. The third-order valence-electron chi connectivity index (χ3n) is 4.44. The van der Waals surface area contributed by atoms with Crippen molar-refractivity contribution in [3.63, 3.8) is 0 Å². The summed E-state index contributed by atoms with van der Waals surface area (Å²) in [6.07, 6.45) is 13.2. The number of nitrogens with zero attached hydrogens (tertiary/aromatic N) is 1. The van der Waals surface area contributed by atoms with Crippen molar-refractivity contribution in [1.29, 1.82) is 0 Å². The van der Waals surface area contributed by atoms with Gasteiger partial charge >= 0.3 is 6.11 Å². The monoisotopic (exact) mass is 410 g/mol. The Balaban J connectivity index is 1.87. The molecule has 0 saturated carbocycles. The minimum Gasteiger partial charge on any atom is -0.453 e. The van der Waals surface area contributed by atoms with Gasteiger partial charge in [-0.05, 0) is 38.1 Å². The molecular formula is C24H24F2N2O2. The summed E-state index contributed by atoms with van der Waals surface area (Å²) in [7, 11) is 0. The van der Waals surface area contributed by atoms with Crippen LogP contribution in [0.15, 0.2) is 83.6 Å². The summed E-state index contributed by atoms with van der Waals surface area (Å²) in [5.41, 5.74) is 2.45. The van der Waals surface area contributed by atoms with Gasteiger partial charge in [0, 0.05) is 24.1 Å². The van der Waals surface area contributed by atoms with Crippen molar-refractivity contribution in [3.05, 3.63) is 96.3 Å². The van der Waals surface area contributed by atoms with Crippen molar-refractivity contribution in [1.82, 2.24) is 9.97 Å². The first-order valence-electron chi connectivity index (χ1n) is 9.56. The van der Waals surface area contributed by atoms with Crippen molar-refractivity contribution < 1.29 is 17.9 Å². The van der Waals surface area contributed by atoms with Crippen LogP contribution in [-0.2, 0) is 4.74 Å². The number of aromatic nitrogens is 2. The number of allylic oxidation sites excluding steroid dienone is 10. The molecule has 4 nitrogen and oxygen atoms in total. The third kappa shape index (κ3) is 5.14. The van der Waals surface area contributed by atoms with Crippen LogP contribution in [0.2, 0.25) is 0 Å². The van der Waals surface area contributed by atoms with Crippen LogP contribution in [0.25, 0.3) is 17.2 Å². The van der Waals surface area contributed by atoms with E-state index in [-0.39, 0.29) is 11.7 Å². The minimum atomic E-state index is -3.30.